The Hall–Kier alpha value is -2.15. The van der Waals surface area contributed by atoms with Crippen LogP contribution in [-0.2, 0) is 0 Å². The minimum absolute atomic E-state index is 0.0487. The fraction of sp³-hybridized carbons (Fsp3) is 0.0769. The summed E-state index contributed by atoms with van der Waals surface area (Å²) in [7, 11) is 1.53. The Morgan fingerprint density at radius 3 is 2.57 bits per heavy atom. The molecular formula is C13H9BClF2N2O2. The van der Waals surface area contributed by atoms with Crippen molar-refractivity contribution >= 4 is 29.9 Å². The van der Waals surface area contributed by atoms with E-state index >= 15 is 0 Å². The van der Waals surface area contributed by atoms with Crippen molar-refractivity contribution in [2.75, 3.05) is 7.11 Å². The summed E-state index contributed by atoms with van der Waals surface area (Å²) in [6.45, 7) is -4.27. The molecule has 0 unspecified atom stereocenters. The van der Waals surface area contributed by atoms with Gasteiger partial charge in [-0.1, -0.05) is 11.6 Å². The van der Waals surface area contributed by atoms with Crippen LogP contribution in [0.4, 0.5) is 8.63 Å². The van der Waals surface area contributed by atoms with Gasteiger partial charge in [0, 0.05) is 6.08 Å². The van der Waals surface area contributed by atoms with Crippen molar-refractivity contribution in [2.45, 2.75) is 0 Å². The standard InChI is InChI=1S/C13H9BClF2N2O2/c1-20-10-4-2-8(3-5-10)11-6-9-7-12(15)18-19-13(9)14(16,17)21-11/h2-7H,1H3. The van der Waals surface area contributed by atoms with E-state index in [2.05, 4.69) is 10.5 Å². The van der Waals surface area contributed by atoms with Gasteiger partial charge in [-0.25, -0.2) is 0 Å². The Morgan fingerprint density at radius 2 is 1.90 bits per heavy atom. The highest BCUT2D eigenvalue weighted by Gasteiger charge is 2.54. The molecule has 0 N–H and O–H groups in total. The van der Waals surface area contributed by atoms with Gasteiger partial charge in [-0.2, -0.15) is 5.10 Å². The number of carbonyl (C=O) groups excluding carboxylic acids is 1. The molecule has 0 spiro atoms. The summed E-state index contributed by atoms with van der Waals surface area (Å²) in [5.74, 6) is 0.681. The van der Waals surface area contributed by atoms with Crippen molar-refractivity contribution in [3.63, 3.8) is 0 Å². The van der Waals surface area contributed by atoms with E-state index in [1.54, 1.807) is 24.3 Å². The Labute approximate surface area is 124 Å². The first-order valence-electron chi connectivity index (χ1n) is 6.09. The predicted octanol–water partition coefficient (Wildman–Crippen LogP) is 2.82. The van der Waals surface area contributed by atoms with Gasteiger partial charge in [0.1, 0.15) is 5.75 Å². The van der Waals surface area contributed by atoms with Crippen LogP contribution in [0.3, 0.4) is 0 Å². The van der Waals surface area contributed by atoms with Crippen LogP contribution in [0, 0.1) is 0 Å². The molecule has 0 saturated carbocycles. The third kappa shape index (κ3) is 2.56. The minimum Gasteiger partial charge on any atom is -0.497 e. The van der Waals surface area contributed by atoms with Gasteiger partial charge in [-0.3, -0.25) is 0 Å². The van der Waals surface area contributed by atoms with Crippen molar-refractivity contribution < 1.29 is 17.7 Å². The van der Waals surface area contributed by atoms with Gasteiger partial charge in [0.05, 0.1) is 18.3 Å². The number of benzene rings is 1. The van der Waals surface area contributed by atoms with Crippen LogP contribution in [0.2, 0.25) is 0 Å². The van der Waals surface area contributed by atoms with E-state index in [9.17, 15) is 8.63 Å². The van der Waals surface area contributed by atoms with Crippen molar-refractivity contribution in [3.05, 3.63) is 52.7 Å². The number of methoxy groups -OCH3 is 1. The molecule has 0 saturated heterocycles. The topological polar surface area (TPSA) is 47.0 Å². The number of hydrogen-bond donors (Lipinski definition) is 0. The Kier molecular flexibility index (Phi) is 3.29. The van der Waals surface area contributed by atoms with E-state index in [1.165, 1.54) is 19.3 Å². The maximum Gasteiger partial charge on any atom is 0.812 e. The van der Waals surface area contributed by atoms with E-state index < -0.39 is 12.5 Å². The molecule has 1 aromatic rings. The van der Waals surface area contributed by atoms with Gasteiger partial charge in [-0.15, -0.1) is 5.43 Å². The molecule has 107 valence electrons. The minimum atomic E-state index is -4.27. The highest BCUT2D eigenvalue weighted by molar-refractivity contribution is 6.94. The summed E-state index contributed by atoms with van der Waals surface area (Å²) in [4.78, 5) is 0. The van der Waals surface area contributed by atoms with Crippen LogP contribution in [-0.4, -0.2) is 25.4 Å². The molecule has 2 aliphatic rings. The lowest BCUT2D eigenvalue weighted by Crippen LogP contribution is -2.41. The number of rotatable bonds is 2. The SMILES string of the molecule is COc1ccc(C2=[O+][B-](F)(F)C3=N[N]C(Cl)=CC3=C2)cc1. The maximum atomic E-state index is 14.0. The number of allylic oxidation sites excluding steroid dienone is 3. The fourth-order valence-corrected chi connectivity index (χ4v) is 2.22. The van der Waals surface area contributed by atoms with Crippen LogP contribution in [0.15, 0.2) is 52.2 Å². The molecule has 0 bridgehead atoms. The van der Waals surface area contributed by atoms with Gasteiger partial charge in [0.2, 0.25) is 0 Å². The number of hydrogen-bond acceptors (Lipinski definition) is 2. The molecule has 2 heterocycles. The normalized spacial score (nSPS) is 19.4. The van der Waals surface area contributed by atoms with E-state index in [0.29, 0.717) is 11.3 Å². The van der Waals surface area contributed by atoms with Crippen molar-refractivity contribution in [1.82, 2.24) is 5.43 Å². The molecule has 2 aliphatic heterocycles. The second-order valence-electron chi connectivity index (χ2n) is 4.46. The van der Waals surface area contributed by atoms with Crippen LogP contribution < -0.4 is 10.2 Å². The lowest BCUT2D eigenvalue weighted by atomic mass is 9.72. The molecule has 0 amide bonds. The first-order chi connectivity index (χ1) is 9.99. The highest BCUT2D eigenvalue weighted by Crippen LogP contribution is 2.28. The van der Waals surface area contributed by atoms with Gasteiger partial charge in [0.25, 0.3) is 5.78 Å². The summed E-state index contributed by atoms with van der Waals surface area (Å²) in [5.41, 5.74) is 3.66. The quantitative estimate of drug-likeness (QED) is 0.471. The summed E-state index contributed by atoms with van der Waals surface area (Å²) in [6.07, 6.45) is 2.81. The zero-order chi connectivity index (χ0) is 15.0. The van der Waals surface area contributed by atoms with Crippen LogP contribution in [0.25, 0.3) is 0 Å². The molecule has 1 aromatic carbocycles. The van der Waals surface area contributed by atoms with Crippen LogP contribution in [0.1, 0.15) is 9.91 Å². The van der Waals surface area contributed by atoms with Gasteiger partial charge in [-0.05, 0) is 35.9 Å². The van der Waals surface area contributed by atoms with Gasteiger partial charge in [0.15, 0.2) is 5.16 Å². The predicted molar refractivity (Wildman–Crippen MR) is 76.9 cm³/mol. The van der Waals surface area contributed by atoms with Crippen molar-refractivity contribution in [2.24, 2.45) is 5.10 Å². The molecule has 8 heteroatoms. The fourth-order valence-electron chi connectivity index (χ4n) is 2.06. The highest BCUT2D eigenvalue weighted by atomic mass is 35.5. The molecule has 0 aromatic heterocycles. The second-order valence-corrected chi connectivity index (χ2v) is 4.85. The summed E-state index contributed by atoms with van der Waals surface area (Å²) >= 11 is 5.70. The van der Waals surface area contributed by atoms with Crippen molar-refractivity contribution in [3.8, 4) is 5.75 Å². The average molecular weight is 309 g/mol. The Balaban J connectivity index is 2.04. The van der Waals surface area contributed by atoms with Crippen molar-refractivity contribution in [1.29, 1.82) is 0 Å². The monoisotopic (exact) mass is 309 g/mol. The van der Waals surface area contributed by atoms with Gasteiger partial charge >= 0.3 is 6.90 Å². The summed E-state index contributed by atoms with van der Waals surface area (Å²) in [5, 5.41) is 3.48. The largest absolute Gasteiger partial charge is 0.812 e. The van der Waals surface area contributed by atoms with E-state index in [-0.39, 0.29) is 16.5 Å². The molecular weight excluding hydrogens is 300 g/mol. The Morgan fingerprint density at radius 1 is 1.19 bits per heavy atom. The van der Waals surface area contributed by atoms with E-state index in [1.807, 2.05) is 0 Å². The Bertz CT molecular complexity index is 711. The number of ketones is 1. The molecule has 3 rings (SSSR count). The third-order valence-corrected chi connectivity index (χ3v) is 3.26. The lowest BCUT2D eigenvalue weighted by Gasteiger charge is -2.20. The first-order valence-corrected chi connectivity index (χ1v) is 6.47. The van der Waals surface area contributed by atoms with Crippen LogP contribution >= 0.6 is 11.6 Å². The average Bonchev–Trinajstić information content (AvgIpc) is 2.46. The third-order valence-electron chi connectivity index (χ3n) is 3.08. The first kappa shape index (κ1) is 13.8. The van der Waals surface area contributed by atoms with Gasteiger partial charge < -0.3 is 17.7 Å². The lowest BCUT2D eigenvalue weighted by molar-refractivity contribution is -0.135. The van der Waals surface area contributed by atoms with E-state index in [0.717, 1.165) is 0 Å². The molecule has 21 heavy (non-hydrogen) atoms. The smallest absolute Gasteiger partial charge is 0.497 e. The zero-order valence-corrected chi connectivity index (χ0v) is 11.6. The molecule has 1 radical (unpaired) electrons. The number of ether oxygens (including phenoxy) is 1. The zero-order valence-electron chi connectivity index (χ0n) is 10.9. The second kappa shape index (κ2) is 5.00. The maximum absolute atomic E-state index is 14.0. The van der Waals surface area contributed by atoms with E-state index in [4.69, 9.17) is 20.7 Å². The number of halogens is 3. The molecule has 0 fully saturated rings. The summed E-state index contributed by atoms with van der Waals surface area (Å²) in [6, 6.07) is 6.60. The number of nitrogens with zero attached hydrogens (tertiary/aromatic N) is 2. The van der Waals surface area contributed by atoms with Crippen LogP contribution in [0.5, 0.6) is 5.75 Å². The molecule has 0 aliphatic carbocycles. The summed E-state index contributed by atoms with van der Waals surface area (Å²) < 4.78 is 37.9. The molecule has 0 atom stereocenters. The molecule has 4 nitrogen and oxygen atoms in total. The number of fused-ring (bicyclic) bond motifs is 1.